The van der Waals surface area contributed by atoms with Crippen molar-refractivity contribution >= 4 is 17.1 Å². The van der Waals surface area contributed by atoms with Gasteiger partial charge in [-0.1, -0.05) is 12.1 Å². The summed E-state index contributed by atoms with van der Waals surface area (Å²) in [6, 6.07) is 4.74. The SMILES string of the molecule is FC(F)(F)c1cccc(Cn2c(NC3CC3)nc3cnc(C(F)(F)F)nc32)c1. The Morgan fingerprint density at radius 1 is 1.04 bits per heavy atom. The van der Waals surface area contributed by atoms with E-state index in [1.165, 1.54) is 16.7 Å². The molecule has 1 fully saturated rings. The summed E-state index contributed by atoms with van der Waals surface area (Å²) >= 11 is 0. The molecule has 0 saturated heterocycles. The highest BCUT2D eigenvalue weighted by Gasteiger charge is 2.36. The molecule has 1 aliphatic rings. The van der Waals surface area contributed by atoms with Crippen molar-refractivity contribution in [1.82, 2.24) is 19.5 Å². The predicted octanol–water partition coefficient (Wildman–Crippen LogP) is 4.49. The molecule has 0 unspecified atom stereocenters. The minimum atomic E-state index is -4.75. The summed E-state index contributed by atoms with van der Waals surface area (Å²) in [6.07, 6.45) is -6.54. The Kier molecular flexibility index (Phi) is 4.20. The summed E-state index contributed by atoms with van der Waals surface area (Å²) < 4.78 is 79.2. The molecule has 28 heavy (non-hydrogen) atoms. The zero-order valence-corrected chi connectivity index (χ0v) is 14.1. The molecule has 0 atom stereocenters. The Morgan fingerprint density at radius 3 is 2.43 bits per heavy atom. The number of rotatable bonds is 4. The number of fused-ring (bicyclic) bond motifs is 1. The minimum absolute atomic E-state index is 0.0945. The van der Waals surface area contributed by atoms with Gasteiger partial charge in [0.2, 0.25) is 11.8 Å². The first kappa shape index (κ1) is 18.5. The molecule has 11 heteroatoms. The molecular formula is C17H13F6N5. The van der Waals surface area contributed by atoms with Gasteiger partial charge in [-0.2, -0.15) is 26.3 Å². The van der Waals surface area contributed by atoms with Crippen molar-refractivity contribution in [3.05, 3.63) is 47.4 Å². The average molecular weight is 401 g/mol. The maximum Gasteiger partial charge on any atom is 0.451 e. The first-order valence-electron chi connectivity index (χ1n) is 8.34. The molecule has 0 aliphatic heterocycles. The number of hydrogen-bond donors (Lipinski definition) is 1. The van der Waals surface area contributed by atoms with Crippen molar-refractivity contribution < 1.29 is 26.3 Å². The molecule has 1 aliphatic carbocycles. The molecular weight excluding hydrogens is 388 g/mol. The summed E-state index contributed by atoms with van der Waals surface area (Å²) in [7, 11) is 0. The fourth-order valence-corrected chi connectivity index (χ4v) is 2.75. The number of aromatic nitrogens is 4. The molecule has 0 radical (unpaired) electrons. The van der Waals surface area contributed by atoms with E-state index in [2.05, 4.69) is 20.3 Å². The first-order chi connectivity index (χ1) is 13.1. The molecule has 4 rings (SSSR count). The molecule has 0 bridgehead atoms. The standard InChI is InChI=1S/C17H13F6N5/c18-16(19,20)10-3-1-2-9(6-10)8-28-13-12(26-15(28)25-11-4-5-11)7-24-14(27-13)17(21,22)23/h1-3,6-7,11H,4-5,8H2,(H,25,26). The van der Waals surface area contributed by atoms with Gasteiger partial charge in [-0.05, 0) is 30.5 Å². The van der Waals surface area contributed by atoms with E-state index in [1.54, 1.807) is 0 Å². The highest BCUT2D eigenvalue weighted by atomic mass is 19.4. The van der Waals surface area contributed by atoms with Gasteiger partial charge in [-0.25, -0.2) is 15.0 Å². The molecule has 5 nitrogen and oxygen atoms in total. The van der Waals surface area contributed by atoms with E-state index in [1.807, 2.05) is 0 Å². The molecule has 2 aromatic heterocycles. The molecule has 1 saturated carbocycles. The Bertz CT molecular complexity index is 1020. The highest BCUT2D eigenvalue weighted by molar-refractivity contribution is 5.74. The van der Waals surface area contributed by atoms with Gasteiger partial charge in [0, 0.05) is 6.04 Å². The minimum Gasteiger partial charge on any atom is -0.353 e. The third kappa shape index (κ3) is 3.73. The highest BCUT2D eigenvalue weighted by Crippen LogP contribution is 2.32. The van der Waals surface area contributed by atoms with E-state index in [9.17, 15) is 26.3 Å². The van der Waals surface area contributed by atoms with Crippen molar-refractivity contribution in [3.63, 3.8) is 0 Å². The molecule has 2 heterocycles. The average Bonchev–Trinajstić information content (AvgIpc) is 3.36. The lowest BCUT2D eigenvalue weighted by molar-refractivity contribution is -0.144. The number of alkyl halides is 6. The molecule has 3 aromatic rings. The first-order valence-corrected chi connectivity index (χ1v) is 8.34. The lowest BCUT2D eigenvalue weighted by Gasteiger charge is -2.12. The Balaban J connectivity index is 1.79. The Hall–Kier alpha value is -2.85. The van der Waals surface area contributed by atoms with Crippen LogP contribution in [0.15, 0.2) is 30.5 Å². The largest absolute Gasteiger partial charge is 0.451 e. The Morgan fingerprint density at radius 2 is 1.79 bits per heavy atom. The second-order valence-electron chi connectivity index (χ2n) is 6.54. The van der Waals surface area contributed by atoms with E-state index >= 15 is 0 Å². The van der Waals surface area contributed by atoms with Gasteiger partial charge >= 0.3 is 12.4 Å². The van der Waals surface area contributed by atoms with Crippen LogP contribution in [0, 0.1) is 0 Å². The quantitative estimate of drug-likeness (QED) is 0.655. The molecule has 0 spiro atoms. The van der Waals surface area contributed by atoms with Crippen LogP contribution >= 0.6 is 0 Å². The van der Waals surface area contributed by atoms with Gasteiger partial charge < -0.3 is 5.32 Å². The molecule has 148 valence electrons. The predicted molar refractivity (Wildman–Crippen MR) is 87.5 cm³/mol. The third-order valence-electron chi connectivity index (χ3n) is 4.25. The van der Waals surface area contributed by atoms with Gasteiger partial charge in [-0.3, -0.25) is 4.57 Å². The van der Waals surface area contributed by atoms with Gasteiger partial charge in [-0.15, -0.1) is 0 Å². The Labute approximate surface area is 154 Å². The van der Waals surface area contributed by atoms with Gasteiger partial charge in [0.15, 0.2) is 5.65 Å². The van der Waals surface area contributed by atoms with Crippen LogP contribution in [0.3, 0.4) is 0 Å². The summed E-state index contributed by atoms with van der Waals surface area (Å²) in [5.74, 6) is -1.08. The topological polar surface area (TPSA) is 55.6 Å². The zero-order valence-electron chi connectivity index (χ0n) is 14.1. The molecule has 0 amide bonds. The summed E-state index contributed by atoms with van der Waals surface area (Å²) in [4.78, 5) is 11.1. The van der Waals surface area contributed by atoms with Crippen LogP contribution in [-0.4, -0.2) is 25.6 Å². The maximum absolute atomic E-state index is 13.0. The maximum atomic E-state index is 13.0. The number of nitrogens with one attached hydrogen (secondary N) is 1. The second-order valence-corrected chi connectivity index (χ2v) is 6.54. The van der Waals surface area contributed by atoms with Gasteiger partial charge in [0.1, 0.15) is 5.52 Å². The fourth-order valence-electron chi connectivity index (χ4n) is 2.75. The fraction of sp³-hybridized carbons (Fsp3) is 0.353. The van der Waals surface area contributed by atoms with Crippen LogP contribution in [0.2, 0.25) is 0 Å². The van der Waals surface area contributed by atoms with E-state index in [0.29, 0.717) is 0 Å². The van der Waals surface area contributed by atoms with Crippen LogP contribution in [-0.2, 0) is 18.9 Å². The van der Waals surface area contributed by atoms with Crippen LogP contribution in [0.1, 0.15) is 29.8 Å². The number of halogens is 6. The van der Waals surface area contributed by atoms with E-state index in [0.717, 1.165) is 31.2 Å². The normalized spacial score (nSPS) is 15.2. The smallest absolute Gasteiger partial charge is 0.353 e. The van der Waals surface area contributed by atoms with Gasteiger partial charge in [0.05, 0.1) is 18.3 Å². The van der Waals surface area contributed by atoms with Crippen LogP contribution in [0.25, 0.3) is 11.2 Å². The lowest BCUT2D eigenvalue weighted by atomic mass is 10.1. The molecule has 1 aromatic carbocycles. The summed E-state index contributed by atoms with van der Waals surface area (Å²) in [5.41, 5.74) is -0.539. The molecule has 1 N–H and O–H groups in total. The number of hydrogen-bond acceptors (Lipinski definition) is 4. The second kappa shape index (κ2) is 6.35. The van der Waals surface area contributed by atoms with Crippen molar-refractivity contribution in [3.8, 4) is 0 Å². The van der Waals surface area contributed by atoms with Crippen molar-refractivity contribution in [2.45, 2.75) is 37.8 Å². The van der Waals surface area contributed by atoms with Crippen LogP contribution in [0.4, 0.5) is 32.3 Å². The lowest BCUT2D eigenvalue weighted by Crippen LogP contribution is -2.14. The number of imidazole rings is 1. The number of benzene rings is 1. The van der Waals surface area contributed by atoms with Crippen molar-refractivity contribution in [2.75, 3.05) is 5.32 Å². The van der Waals surface area contributed by atoms with Crippen molar-refractivity contribution in [2.24, 2.45) is 0 Å². The van der Waals surface area contributed by atoms with E-state index in [-0.39, 0.29) is 35.3 Å². The summed E-state index contributed by atoms with van der Waals surface area (Å²) in [5, 5.41) is 3.08. The van der Waals surface area contributed by atoms with Crippen LogP contribution < -0.4 is 5.32 Å². The zero-order chi connectivity index (χ0) is 20.1. The third-order valence-corrected chi connectivity index (χ3v) is 4.25. The van der Waals surface area contributed by atoms with E-state index < -0.39 is 23.7 Å². The monoisotopic (exact) mass is 401 g/mol. The number of nitrogens with zero attached hydrogens (tertiary/aromatic N) is 4. The van der Waals surface area contributed by atoms with E-state index in [4.69, 9.17) is 0 Å². The summed E-state index contributed by atoms with van der Waals surface area (Å²) in [6.45, 7) is -0.121. The number of anilines is 1. The van der Waals surface area contributed by atoms with Crippen LogP contribution in [0.5, 0.6) is 0 Å². The van der Waals surface area contributed by atoms with Crippen molar-refractivity contribution in [1.29, 1.82) is 0 Å². The van der Waals surface area contributed by atoms with Gasteiger partial charge in [0.25, 0.3) is 0 Å².